The van der Waals surface area contributed by atoms with Crippen LogP contribution in [-0.2, 0) is 23.2 Å². The molecule has 0 bridgehead atoms. The highest BCUT2D eigenvalue weighted by atomic mass is 19.4. The highest BCUT2D eigenvalue weighted by Crippen LogP contribution is 2.54. The fourth-order valence-electron chi connectivity index (χ4n) is 4.36. The van der Waals surface area contributed by atoms with Crippen LogP contribution in [0.1, 0.15) is 38.4 Å². The largest absolute Gasteiger partial charge is 0.408 e. The summed E-state index contributed by atoms with van der Waals surface area (Å²) < 4.78 is 38.9. The molecule has 0 aromatic carbocycles. The predicted molar refractivity (Wildman–Crippen MR) is 79.9 cm³/mol. The minimum Gasteiger partial charge on any atom is -0.293 e. The number of ketones is 1. The van der Waals surface area contributed by atoms with Gasteiger partial charge in [0.15, 0.2) is 5.78 Å². The molecule has 0 radical (unpaired) electrons. The smallest absolute Gasteiger partial charge is 0.293 e. The Morgan fingerprint density at radius 1 is 1.42 bits per heavy atom. The van der Waals surface area contributed by atoms with Gasteiger partial charge in [-0.25, -0.2) is 0 Å². The number of carbonyl (C=O) groups is 1. The van der Waals surface area contributed by atoms with E-state index in [1.807, 2.05) is 13.0 Å². The van der Waals surface area contributed by atoms with E-state index < -0.39 is 23.6 Å². The van der Waals surface area contributed by atoms with Crippen LogP contribution in [0.2, 0.25) is 0 Å². The Morgan fingerprint density at radius 2 is 2.08 bits per heavy atom. The van der Waals surface area contributed by atoms with Crippen molar-refractivity contribution in [2.75, 3.05) is 0 Å². The van der Waals surface area contributed by atoms with E-state index in [0.717, 1.165) is 10.2 Å². The highest BCUT2D eigenvalue weighted by Gasteiger charge is 2.55. The van der Waals surface area contributed by atoms with E-state index in [-0.39, 0.29) is 17.3 Å². The van der Waals surface area contributed by atoms with Gasteiger partial charge < -0.3 is 0 Å². The summed E-state index contributed by atoms with van der Waals surface area (Å²) in [5, 5.41) is 13.5. The second-order valence-corrected chi connectivity index (χ2v) is 7.41. The summed E-state index contributed by atoms with van der Waals surface area (Å²) in [7, 11) is 0. The van der Waals surface area contributed by atoms with Crippen molar-refractivity contribution < 1.29 is 18.0 Å². The van der Waals surface area contributed by atoms with E-state index in [9.17, 15) is 23.2 Å². The Balaban J connectivity index is 2.14. The van der Waals surface area contributed by atoms with Gasteiger partial charge in [-0.1, -0.05) is 26.8 Å². The van der Waals surface area contributed by atoms with Gasteiger partial charge in [0.1, 0.15) is 12.6 Å². The lowest BCUT2D eigenvalue weighted by molar-refractivity contribution is -0.142. The van der Waals surface area contributed by atoms with Gasteiger partial charge in [-0.2, -0.15) is 23.5 Å². The molecule has 128 valence electrons. The minimum atomic E-state index is -4.34. The summed E-state index contributed by atoms with van der Waals surface area (Å²) in [4.78, 5) is 12.5. The molecule has 3 rings (SSSR count). The van der Waals surface area contributed by atoms with E-state index in [2.05, 4.69) is 5.10 Å². The number of alkyl halides is 3. The lowest BCUT2D eigenvalue weighted by atomic mass is 9.52. The van der Waals surface area contributed by atoms with Crippen molar-refractivity contribution in [3.05, 3.63) is 29.1 Å². The van der Waals surface area contributed by atoms with Gasteiger partial charge in [0, 0.05) is 17.0 Å². The van der Waals surface area contributed by atoms with Gasteiger partial charge >= 0.3 is 6.18 Å². The van der Waals surface area contributed by atoms with E-state index in [4.69, 9.17) is 0 Å². The van der Waals surface area contributed by atoms with E-state index in [1.54, 1.807) is 19.9 Å². The molecule has 0 aliphatic heterocycles. The molecular formula is C17H18F3N3O. The molecule has 1 aromatic heterocycles. The van der Waals surface area contributed by atoms with Crippen molar-refractivity contribution in [3.8, 4) is 6.07 Å². The fraction of sp³-hybridized carbons (Fsp3) is 0.588. The highest BCUT2D eigenvalue weighted by molar-refractivity contribution is 6.04. The molecule has 4 nitrogen and oxygen atoms in total. The maximum absolute atomic E-state index is 12.7. The molecule has 7 heteroatoms. The number of allylic oxidation sites excluding steroid dienone is 2. The SMILES string of the molecule is CC1(C)C(=O)C(C#N)=C[C@]2(C)c3nn(CC(F)(F)F)cc3CCC12. The summed E-state index contributed by atoms with van der Waals surface area (Å²) in [6.45, 7) is 4.34. The molecule has 2 aliphatic rings. The van der Waals surface area contributed by atoms with Crippen molar-refractivity contribution in [1.82, 2.24) is 9.78 Å². The number of hydrogen-bond donors (Lipinski definition) is 0. The van der Waals surface area contributed by atoms with Crippen LogP contribution in [0, 0.1) is 22.7 Å². The number of carbonyl (C=O) groups excluding carboxylic acids is 1. The zero-order chi connectivity index (χ0) is 17.9. The molecule has 24 heavy (non-hydrogen) atoms. The van der Waals surface area contributed by atoms with Gasteiger partial charge in [-0.15, -0.1) is 0 Å². The van der Waals surface area contributed by atoms with Crippen LogP contribution in [-0.4, -0.2) is 21.7 Å². The second-order valence-electron chi connectivity index (χ2n) is 7.41. The zero-order valence-electron chi connectivity index (χ0n) is 13.7. The third-order valence-corrected chi connectivity index (χ3v) is 5.38. The first-order chi connectivity index (χ1) is 11.0. The van der Waals surface area contributed by atoms with Crippen molar-refractivity contribution in [2.24, 2.45) is 11.3 Å². The lowest BCUT2D eigenvalue weighted by Crippen LogP contribution is -2.51. The van der Waals surface area contributed by atoms with Gasteiger partial charge in [0.25, 0.3) is 0 Å². The fourth-order valence-corrected chi connectivity index (χ4v) is 4.36. The molecular weight excluding hydrogens is 319 g/mol. The molecule has 1 unspecified atom stereocenters. The number of aromatic nitrogens is 2. The van der Waals surface area contributed by atoms with Crippen LogP contribution >= 0.6 is 0 Å². The minimum absolute atomic E-state index is 0.0666. The first-order valence-corrected chi connectivity index (χ1v) is 7.80. The number of rotatable bonds is 1. The Hall–Kier alpha value is -2.10. The third kappa shape index (κ3) is 2.36. The van der Waals surface area contributed by atoms with Crippen LogP contribution in [0.3, 0.4) is 0 Å². The van der Waals surface area contributed by atoms with Crippen LogP contribution in [0.5, 0.6) is 0 Å². The quantitative estimate of drug-likeness (QED) is 0.790. The molecule has 0 N–H and O–H groups in total. The molecule has 1 heterocycles. The Morgan fingerprint density at radius 3 is 2.67 bits per heavy atom. The van der Waals surface area contributed by atoms with Gasteiger partial charge in [-0.05, 0) is 24.3 Å². The topological polar surface area (TPSA) is 58.7 Å². The van der Waals surface area contributed by atoms with Crippen molar-refractivity contribution in [1.29, 1.82) is 5.26 Å². The van der Waals surface area contributed by atoms with E-state index in [0.29, 0.717) is 18.5 Å². The van der Waals surface area contributed by atoms with Crippen LogP contribution < -0.4 is 0 Å². The molecule has 2 aliphatic carbocycles. The van der Waals surface area contributed by atoms with Gasteiger partial charge in [0.2, 0.25) is 0 Å². The number of halogens is 3. The van der Waals surface area contributed by atoms with Crippen molar-refractivity contribution in [2.45, 2.75) is 51.7 Å². The molecule has 0 saturated carbocycles. The number of nitriles is 1. The van der Waals surface area contributed by atoms with E-state index >= 15 is 0 Å². The van der Waals surface area contributed by atoms with Crippen molar-refractivity contribution in [3.63, 3.8) is 0 Å². The number of aryl methyl sites for hydroxylation is 1. The summed E-state index contributed by atoms with van der Waals surface area (Å²) in [6.07, 6.45) is -0.0405. The Labute approximate surface area is 137 Å². The number of hydrogen-bond acceptors (Lipinski definition) is 3. The average molecular weight is 337 g/mol. The number of fused-ring (bicyclic) bond motifs is 3. The zero-order valence-corrected chi connectivity index (χ0v) is 13.7. The summed E-state index contributed by atoms with van der Waals surface area (Å²) in [5.41, 5.74) is -0.0857. The van der Waals surface area contributed by atoms with Crippen LogP contribution in [0.25, 0.3) is 0 Å². The number of Topliss-reactive ketones (excluding diaryl/α,β-unsaturated/α-hetero) is 1. The molecule has 0 saturated heterocycles. The average Bonchev–Trinajstić information content (AvgIpc) is 2.84. The number of nitrogens with zero attached hydrogens (tertiary/aromatic N) is 3. The maximum atomic E-state index is 12.7. The predicted octanol–water partition coefficient (Wildman–Crippen LogP) is 3.32. The van der Waals surface area contributed by atoms with E-state index in [1.165, 1.54) is 6.20 Å². The monoisotopic (exact) mass is 337 g/mol. The van der Waals surface area contributed by atoms with Gasteiger partial charge in [0.05, 0.1) is 11.3 Å². The Bertz CT molecular complexity index is 782. The third-order valence-electron chi connectivity index (χ3n) is 5.38. The summed E-state index contributed by atoms with van der Waals surface area (Å²) in [6, 6.07) is 1.94. The molecule has 0 spiro atoms. The molecule has 1 aromatic rings. The van der Waals surface area contributed by atoms with Gasteiger partial charge in [-0.3, -0.25) is 9.48 Å². The van der Waals surface area contributed by atoms with Crippen molar-refractivity contribution >= 4 is 5.78 Å². The van der Waals surface area contributed by atoms with Crippen LogP contribution in [0.15, 0.2) is 17.8 Å². The standard InChI is InChI=1S/C17H18F3N3O/c1-15(2)12-5-4-10-8-23(9-17(18,19)20)22-13(10)16(12,3)6-11(7-21)14(15)24/h6,8,12H,4-5,9H2,1-3H3/t12?,16-/m0/s1. The molecule has 0 fully saturated rings. The second kappa shape index (κ2) is 4.95. The van der Waals surface area contributed by atoms with Crippen LogP contribution in [0.4, 0.5) is 13.2 Å². The molecule has 0 amide bonds. The maximum Gasteiger partial charge on any atom is 0.408 e. The normalized spacial score (nSPS) is 28.6. The lowest BCUT2D eigenvalue weighted by Gasteiger charge is -2.49. The first kappa shape index (κ1) is 16.7. The summed E-state index contributed by atoms with van der Waals surface area (Å²) in [5.74, 6) is -0.304. The molecule has 2 atom stereocenters. The first-order valence-electron chi connectivity index (χ1n) is 7.80. The Kier molecular flexibility index (Phi) is 3.45. The summed E-state index contributed by atoms with van der Waals surface area (Å²) >= 11 is 0.